The molecule has 7 N–H and O–H groups in total. The average molecular weight is 672 g/mol. The van der Waals surface area contributed by atoms with Crippen LogP contribution in [-0.2, 0) is 41.6 Å². The molecular formula is C36H45N7O6. The van der Waals surface area contributed by atoms with Crippen molar-refractivity contribution in [1.29, 1.82) is 0 Å². The van der Waals surface area contributed by atoms with Crippen LogP contribution in [0.1, 0.15) is 57.1 Å². The summed E-state index contributed by atoms with van der Waals surface area (Å²) in [4.78, 5) is 83.7. The van der Waals surface area contributed by atoms with Gasteiger partial charge < -0.3 is 36.9 Å². The van der Waals surface area contributed by atoms with Crippen molar-refractivity contribution in [2.24, 2.45) is 11.7 Å². The van der Waals surface area contributed by atoms with Crippen molar-refractivity contribution >= 4 is 46.3 Å². The number of para-hydroxylation sites is 1. The van der Waals surface area contributed by atoms with Crippen molar-refractivity contribution in [3.05, 3.63) is 71.9 Å². The van der Waals surface area contributed by atoms with E-state index < -0.39 is 59.7 Å². The first-order valence-corrected chi connectivity index (χ1v) is 16.9. The lowest BCUT2D eigenvalue weighted by molar-refractivity contribution is -0.142. The summed E-state index contributed by atoms with van der Waals surface area (Å²) in [6.07, 6.45) is 3.90. The van der Waals surface area contributed by atoms with Gasteiger partial charge in [-0.15, -0.1) is 0 Å². The van der Waals surface area contributed by atoms with Gasteiger partial charge in [0, 0.05) is 42.9 Å². The van der Waals surface area contributed by atoms with E-state index in [1.165, 1.54) is 4.90 Å². The smallest absolute Gasteiger partial charge is 0.246 e. The van der Waals surface area contributed by atoms with E-state index in [1.54, 1.807) is 6.20 Å². The molecule has 0 unspecified atom stereocenters. The molecular weight excluding hydrogens is 626 g/mol. The summed E-state index contributed by atoms with van der Waals surface area (Å²) in [6.45, 7) is 4.11. The highest BCUT2D eigenvalue weighted by Gasteiger charge is 2.40. The number of H-pyrrole nitrogens is 1. The molecule has 2 aromatic carbocycles. The maximum atomic E-state index is 14.1. The number of carbonyl (C=O) groups excluding carboxylic acids is 6. The summed E-state index contributed by atoms with van der Waals surface area (Å²) in [5, 5.41) is 12.0. The monoisotopic (exact) mass is 671 g/mol. The van der Waals surface area contributed by atoms with Gasteiger partial charge in [-0.3, -0.25) is 28.8 Å². The lowest BCUT2D eigenvalue weighted by Crippen LogP contribution is -2.59. The first-order chi connectivity index (χ1) is 23.5. The first kappa shape index (κ1) is 35.1. The molecule has 13 nitrogen and oxygen atoms in total. The predicted molar refractivity (Wildman–Crippen MR) is 182 cm³/mol. The van der Waals surface area contributed by atoms with E-state index in [2.05, 4.69) is 26.3 Å². The SMILES string of the molecule is CC(C)C[C@H](NC(=O)[C@H](Cc1c[nH]c2ccccc12)NC(=O)[C@H]1CCCN1C(=O)[C@H](Cc1ccccc1)NC(=O)[C@@H]1CCC(=O)N1)C(N)=O. The summed E-state index contributed by atoms with van der Waals surface area (Å²) in [5.74, 6) is -2.78. The second kappa shape index (κ2) is 15.8. The molecule has 2 fully saturated rings. The lowest BCUT2D eigenvalue weighted by atomic mass is 10.0. The molecule has 0 bridgehead atoms. The van der Waals surface area contributed by atoms with Crippen molar-refractivity contribution < 1.29 is 28.8 Å². The Morgan fingerprint density at radius 3 is 2.29 bits per heavy atom. The number of fused-ring (bicyclic) bond motifs is 1. The number of benzene rings is 2. The van der Waals surface area contributed by atoms with E-state index in [0.29, 0.717) is 25.7 Å². The summed E-state index contributed by atoms with van der Waals surface area (Å²) in [5.41, 5.74) is 8.10. The molecule has 3 heterocycles. The number of amides is 6. The van der Waals surface area contributed by atoms with Crippen molar-refractivity contribution in [1.82, 2.24) is 31.2 Å². The number of likely N-dealkylation sites (tertiary alicyclic amines) is 1. The van der Waals surface area contributed by atoms with Crippen molar-refractivity contribution in [3.63, 3.8) is 0 Å². The number of aromatic nitrogens is 1. The van der Waals surface area contributed by atoms with Crippen LogP contribution in [-0.4, -0.2) is 82.1 Å². The topological polar surface area (TPSA) is 196 Å². The number of nitrogens with one attached hydrogen (secondary N) is 5. The molecule has 260 valence electrons. The Balaban J connectivity index is 1.36. The molecule has 0 radical (unpaired) electrons. The zero-order valence-corrected chi connectivity index (χ0v) is 27.9. The molecule has 13 heteroatoms. The van der Waals surface area contributed by atoms with Crippen LogP contribution in [0.2, 0.25) is 0 Å². The molecule has 2 saturated heterocycles. The molecule has 0 spiro atoms. The Kier molecular flexibility index (Phi) is 11.3. The van der Waals surface area contributed by atoms with E-state index in [-0.39, 0.29) is 37.6 Å². The Morgan fingerprint density at radius 1 is 0.878 bits per heavy atom. The van der Waals surface area contributed by atoms with Crippen LogP contribution in [0.5, 0.6) is 0 Å². The third-order valence-corrected chi connectivity index (χ3v) is 9.15. The first-order valence-electron chi connectivity index (χ1n) is 16.9. The lowest BCUT2D eigenvalue weighted by Gasteiger charge is -2.30. The van der Waals surface area contributed by atoms with Gasteiger partial charge in [0.15, 0.2) is 0 Å². The van der Waals surface area contributed by atoms with Crippen LogP contribution < -0.4 is 27.0 Å². The molecule has 1 aromatic heterocycles. The van der Waals surface area contributed by atoms with Gasteiger partial charge in [-0.1, -0.05) is 62.4 Å². The third-order valence-electron chi connectivity index (χ3n) is 9.15. The van der Waals surface area contributed by atoms with E-state index in [4.69, 9.17) is 5.73 Å². The maximum absolute atomic E-state index is 14.1. The van der Waals surface area contributed by atoms with E-state index in [9.17, 15) is 28.8 Å². The highest BCUT2D eigenvalue weighted by Crippen LogP contribution is 2.23. The van der Waals surface area contributed by atoms with Gasteiger partial charge in [0.25, 0.3) is 0 Å². The molecule has 2 aliphatic rings. The van der Waals surface area contributed by atoms with Crippen molar-refractivity contribution in [2.75, 3.05) is 6.54 Å². The van der Waals surface area contributed by atoms with Gasteiger partial charge in [-0.25, -0.2) is 0 Å². The quantitative estimate of drug-likeness (QED) is 0.149. The molecule has 5 rings (SSSR count). The van der Waals surface area contributed by atoms with Gasteiger partial charge in [-0.2, -0.15) is 0 Å². The Bertz CT molecular complexity index is 1690. The van der Waals surface area contributed by atoms with Crippen LogP contribution in [0, 0.1) is 5.92 Å². The second-order valence-corrected chi connectivity index (χ2v) is 13.3. The molecule has 49 heavy (non-hydrogen) atoms. The molecule has 6 amide bonds. The number of hydrogen-bond donors (Lipinski definition) is 6. The van der Waals surface area contributed by atoms with E-state index >= 15 is 0 Å². The van der Waals surface area contributed by atoms with Gasteiger partial charge >= 0.3 is 0 Å². The van der Waals surface area contributed by atoms with Crippen LogP contribution in [0.25, 0.3) is 10.9 Å². The average Bonchev–Trinajstić information content (AvgIpc) is 3.84. The number of carbonyl (C=O) groups is 6. The maximum Gasteiger partial charge on any atom is 0.246 e. The Morgan fingerprint density at radius 2 is 1.59 bits per heavy atom. The fourth-order valence-corrected chi connectivity index (χ4v) is 6.62. The minimum Gasteiger partial charge on any atom is -0.368 e. The fraction of sp³-hybridized carbons (Fsp3) is 0.444. The predicted octanol–water partition coefficient (Wildman–Crippen LogP) is 1.21. The molecule has 0 saturated carbocycles. The highest BCUT2D eigenvalue weighted by molar-refractivity contribution is 5.97. The number of hydrogen-bond acceptors (Lipinski definition) is 6. The van der Waals surface area contributed by atoms with Crippen molar-refractivity contribution in [3.8, 4) is 0 Å². The number of aromatic amines is 1. The standard InChI is InChI=1S/C36H45N7O6/c1-21(2)17-27(32(37)45)40-34(47)28(19-23-20-38-25-12-7-6-11-24(23)25)41-35(48)30-13-8-16-43(30)36(49)29(18-22-9-4-3-5-10-22)42-33(46)26-14-15-31(44)39-26/h3-7,9-12,20-21,26-30,38H,8,13-19H2,1-2H3,(H2,37,45)(H,39,44)(H,40,47)(H,41,48)(H,42,46)/t26-,27-,28-,29-,30+/m0/s1. The molecule has 2 aliphatic heterocycles. The third kappa shape index (κ3) is 8.84. The highest BCUT2D eigenvalue weighted by atomic mass is 16.2. The van der Waals surface area contributed by atoms with E-state index in [0.717, 1.165) is 22.0 Å². The summed E-state index contributed by atoms with van der Waals surface area (Å²) >= 11 is 0. The number of nitrogens with zero attached hydrogens (tertiary/aromatic N) is 1. The molecule has 5 atom stereocenters. The summed E-state index contributed by atoms with van der Waals surface area (Å²) < 4.78 is 0. The minimum atomic E-state index is -1.08. The van der Waals surface area contributed by atoms with Crippen LogP contribution >= 0.6 is 0 Å². The van der Waals surface area contributed by atoms with Gasteiger partial charge in [0.2, 0.25) is 35.4 Å². The molecule has 3 aromatic rings. The van der Waals surface area contributed by atoms with Gasteiger partial charge in [0.05, 0.1) is 0 Å². The van der Waals surface area contributed by atoms with Gasteiger partial charge in [0.1, 0.15) is 30.2 Å². The second-order valence-electron chi connectivity index (χ2n) is 13.3. The summed E-state index contributed by atoms with van der Waals surface area (Å²) in [7, 11) is 0. The van der Waals surface area contributed by atoms with Crippen molar-refractivity contribution in [2.45, 2.75) is 89.0 Å². The largest absolute Gasteiger partial charge is 0.368 e. The zero-order valence-electron chi connectivity index (χ0n) is 27.9. The zero-order chi connectivity index (χ0) is 35.1. The normalized spacial score (nSPS) is 19.2. The Labute approximate surface area is 285 Å². The van der Waals surface area contributed by atoms with Crippen LogP contribution in [0.15, 0.2) is 60.8 Å². The Hall–Kier alpha value is -5.20. The van der Waals surface area contributed by atoms with Gasteiger partial charge in [-0.05, 0) is 48.8 Å². The number of primary amides is 1. The van der Waals surface area contributed by atoms with Crippen LogP contribution in [0.4, 0.5) is 0 Å². The van der Waals surface area contributed by atoms with E-state index in [1.807, 2.05) is 68.4 Å². The minimum absolute atomic E-state index is 0.0757. The molecule has 0 aliphatic carbocycles. The number of nitrogens with two attached hydrogens (primary N) is 1. The van der Waals surface area contributed by atoms with Crippen LogP contribution in [0.3, 0.4) is 0 Å². The number of rotatable bonds is 14. The summed E-state index contributed by atoms with van der Waals surface area (Å²) in [6, 6.07) is 12.2. The fourth-order valence-electron chi connectivity index (χ4n) is 6.62.